The first kappa shape index (κ1) is 12.0. The zero-order valence-electron chi connectivity index (χ0n) is 9.24. The summed E-state index contributed by atoms with van der Waals surface area (Å²) in [5.41, 5.74) is 2.68. The van der Waals surface area contributed by atoms with Crippen molar-refractivity contribution >= 4 is 29.7 Å². The van der Waals surface area contributed by atoms with Crippen molar-refractivity contribution in [3.63, 3.8) is 0 Å². The van der Waals surface area contributed by atoms with Crippen molar-refractivity contribution in [1.29, 1.82) is 0 Å². The van der Waals surface area contributed by atoms with Gasteiger partial charge in [0.1, 0.15) is 0 Å². The molecule has 2 unspecified atom stereocenters. The van der Waals surface area contributed by atoms with Crippen LogP contribution in [0.4, 0.5) is 5.69 Å². The summed E-state index contributed by atoms with van der Waals surface area (Å²) < 4.78 is 0. The van der Waals surface area contributed by atoms with Crippen LogP contribution in [0.5, 0.6) is 0 Å². The molecule has 2 heterocycles. The van der Waals surface area contributed by atoms with Crippen molar-refractivity contribution in [3.05, 3.63) is 28.8 Å². The summed E-state index contributed by atoms with van der Waals surface area (Å²) in [6, 6.07) is 7.42. The van der Waals surface area contributed by atoms with Crippen LogP contribution in [-0.2, 0) is 6.42 Å². The summed E-state index contributed by atoms with van der Waals surface area (Å²) in [7, 11) is 0. The molecule has 0 saturated carbocycles. The highest BCUT2D eigenvalue weighted by atomic mass is 35.5. The molecule has 2 aliphatic rings. The molecule has 0 bridgehead atoms. The first-order valence-electron chi connectivity index (χ1n) is 5.54. The highest BCUT2D eigenvalue weighted by molar-refractivity contribution is 6.31. The van der Waals surface area contributed by atoms with Crippen LogP contribution in [-0.4, -0.2) is 25.2 Å². The second-order valence-electron chi connectivity index (χ2n) is 4.51. The summed E-state index contributed by atoms with van der Waals surface area (Å²) in [6.45, 7) is 4.42. The van der Waals surface area contributed by atoms with E-state index in [2.05, 4.69) is 29.3 Å². The Balaban J connectivity index is 0.000000963. The third-order valence-corrected chi connectivity index (χ3v) is 3.85. The lowest BCUT2D eigenvalue weighted by molar-refractivity contribution is 0.430. The maximum atomic E-state index is 6.24. The van der Waals surface area contributed by atoms with Crippen LogP contribution in [0.15, 0.2) is 18.2 Å². The first-order valence-corrected chi connectivity index (χ1v) is 5.91. The number of halogens is 2. The molecule has 2 atom stereocenters. The largest absolute Gasteiger partial charge is 0.363 e. The van der Waals surface area contributed by atoms with E-state index in [1.807, 2.05) is 6.07 Å². The molecule has 0 aromatic heterocycles. The summed E-state index contributed by atoms with van der Waals surface area (Å²) in [4.78, 5) is 2.53. The van der Waals surface area contributed by atoms with Gasteiger partial charge in [-0.1, -0.05) is 17.7 Å². The summed E-state index contributed by atoms with van der Waals surface area (Å²) in [6.07, 6.45) is 1.09. The number of fused-ring (bicyclic) bond motifs is 3. The molecular weight excluding hydrogens is 243 g/mol. The van der Waals surface area contributed by atoms with Gasteiger partial charge in [-0.15, -0.1) is 12.4 Å². The van der Waals surface area contributed by atoms with Crippen LogP contribution in [0.1, 0.15) is 12.5 Å². The molecule has 0 amide bonds. The average molecular weight is 259 g/mol. The number of anilines is 1. The molecule has 4 heteroatoms. The van der Waals surface area contributed by atoms with Gasteiger partial charge in [-0.2, -0.15) is 0 Å². The molecule has 0 aliphatic carbocycles. The van der Waals surface area contributed by atoms with Gasteiger partial charge in [0, 0.05) is 35.9 Å². The highest BCUT2D eigenvalue weighted by Crippen LogP contribution is 2.38. The molecule has 2 aliphatic heterocycles. The van der Waals surface area contributed by atoms with Crippen LogP contribution >= 0.6 is 24.0 Å². The maximum absolute atomic E-state index is 6.24. The molecular formula is C12H16Cl2N2. The second kappa shape index (κ2) is 4.44. The lowest BCUT2D eigenvalue weighted by Gasteiger charge is -2.38. The van der Waals surface area contributed by atoms with Crippen molar-refractivity contribution in [1.82, 2.24) is 5.32 Å². The van der Waals surface area contributed by atoms with Crippen LogP contribution < -0.4 is 10.2 Å². The fourth-order valence-electron chi connectivity index (χ4n) is 2.85. The lowest BCUT2D eigenvalue weighted by atomic mass is 10.1. The summed E-state index contributed by atoms with van der Waals surface area (Å²) >= 11 is 6.24. The van der Waals surface area contributed by atoms with Gasteiger partial charge in [-0.25, -0.2) is 0 Å². The molecule has 1 saturated heterocycles. The van der Waals surface area contributed by atoms with E-state index in [1.165, 1.54) is 11.3 Å². The average Bonchev–Trinajstić information content (AvgIpc) is 2.59. The molecule has 16 heavy (non-hydrogen) atoms. The van der Waals surface area contributed by atoms with Gasteiger partial charge in [0.25, 0.3) is 0 Å². The van der Waals surface area contributed by atoms with E-state index in [0.717, 1.165) is 24.5 Å². The summed E-state index contributed by atoms with van der Waals surface area (Å²) in [5.74, 6) is 0. The topological polar surface area (TPSA) is 15.3 Å². The minimum atomic E-state index is 0. The van der Waals surface area contributed by atoms with E-state index in [0.29, 0.717) is 12.1 Å². The van der Waals surface area contributed by atoms with Gasteiger partial charge in [0.05, 0.1) is 0 Å². The number of hydrogen-bond donors (Lipinski definition) is 1. The Morgan fingerprint density at radius 1 is 1.38 bits per heavy atom. The van der Waals surface area contributed by atoms with Gasteiger partial charge in [0.2, 0.25) is 0 Å². The van der Waals surface area contributed by atoms with Crippen molar-refractivity contribution in [3.8, 4) is 0 Å². The number of rotatable bonds is 0. The van der Waals surface area contributed by atoms with Crippen molar-refractivity contribution in [2.75, 3.05) is 18.0 Å². The third-order valence-electron chi connectivity index (χ3n) is 3.50. The third kappa shape index (κ3) is 1.69. The summed E-state index contributed by atoms with van der Waals surface area (Å²) in [5, 5.41) is 4.40. The number of nitrogens with one attached hydrogen (secondary N) is 1. The van der Waals surface area contributed by atoms with Crippen molar-refractivity contribution in [2.45, 2.75) is 25.4 Å². The van der Waals surface area contributed by atoms with E-state index in [9.17, 15) is 0 Å². The normalized spacial score (nSPS) is 27.0. The van der Waals surface area contributed by atoms with Gasteiger partial charge in [0.15, 0.2) is 0 Å². The second-order valence-corrected chi connectivity index (χ2v) is 4.92. The monoisotopic (exact) mass is 258 g/mol. The highest BCUT2D eigenvalue weighted by Gasteiger charge is 2.35. The Kier molecular flexibility index (Phi) is 3.34. The van der Waals surface area contributed by atoms with Gasteiger partial charge < -0.3 is 10.2 Å². The maximum Gasteiger partial charge on any atom is 0.0459 e. The number of nitrogens with zero attached hydrogens (tertiary/aromatic N) is 1. The van der Waals surface area contributed by atoms with Crippen LogP contribution in [0.25, 0.3) is 0 Å². The standard InChI is InChI=1S/C12H15ClN2.ClH/c1-8-6-14-7-9-5-10-11(13)3-2-4-12(10)15(8)9;/h2-4,8-9,14H,5-7H2,1H3;1H. The van der Waals surface area contributed by atoms with Crippen LogP contribution in [0.2, 0.25) is 5.02 Å². The molecule has 0 spiro atoms. The number of piperazine rings is 1. The lowest BCUT2D eigenvalue weighted by Crippen LogP contribution is -2.54. The van der Waals surface area contributed by atoms with E-state index >= 15 is 0 Å². The Labute approximate surface area is 107 Å². The van der Waals surface area contributed by atoms with E-state index in [-0.39, 0.29) is 12.4 Å². The van der Waals surface area contributed by atoms with E-state index in [1.54, 1.807) is 0 Å². The molecule has 0 radical (unpaired) electrons. The molecule has 1 aromatic carbocycles. The van der Waals surface area contributed by atoms with Gasteiger partial charge in [-0.05, 0) is 31.0 Å². The minimum Gasteiger partial charge on any atom is -0.363 e. The fraction of sp³-hybridized carbons (Fsp3) is 0.500. The minimum absolute atomic E-state index is 0. The predicted octanol–water partition coefficient (Wildman–Crippen LogP) is 2.48. The molecule has 1 fully saturated rings. The molecule has 2 nitrogen and oxygen atoms in total. The Morgan fingerprint density at radius 3 is 3.00 bits per heavy atom. The number of hydrogen-bond acceptors (Lipinski definition) is 2. The van der Waals surface area contributed by atoms with Crippen LogP contribution in [0, 0.1) is 0 Å². The molecule has 1 N–H and O–H groups in total. The van der Waals surface area contributed by atoms with Gasteiger partial charge in [-0.3, -0.25) is 0 Å². The fourth-order valence-corrected chi connectivity index (χ4v) is 3.09. The van der Waals surface area contributed by atoms with Crippen molar-refractivity contribution < 1.29 is 0 Å². The van der Waals surface area contributed by atoms with E-state index < -0.39 is 0 Å². The van der Waals surface area contributed by atoms with Crippen LogP contribution in [0.3, 0.4) is 0 Å². The van der Waals surface area contributed by atoms with Crippen molar-refractivity contribution in [2.24, 2.45) is 0 Å². The zero-order valence-corrected chi connectivity index (χ0v) is 10.8. The molecule has 1 aromatic rings. The Morgan fingerprint density at radius 2 is 2.19 bits per heavy atom. The smallest absolute Gasteiger partial charge is 0.0459 e. The quantitative estimate of drug-likeness (QED) is 0.770. The SMILES string of the molecule is CC1CNCC2Cc3c(Cl)cccc3N12.Cl. The number of benzene rings is 1. The van der Waals surface area contributed by atoms with E-state index in [4.69, 9.17) is 11.6 Å². The first-order chi connectivity index (χ1) is 7.27. The predicted molar refractivity (Wildman–Crippen MR) is 71.0 cm³/mol. The Bertz CT molecular complexity index is 395. The molecule has 3 rings (SSSR count). The Hall–Kier alpha value is -0.440. The van der Waals surface area contributed by atoms with Gasteiger partial charge >= 0.3 is 0 Å². The molecule has 88 valence electrons. The zero-order chi connectivity index (χ0) is 10.4.